The average Bonchev–Trinajstić information content (AvgIpc) is 2.46. The van der Waals surface area contributed by atoms with Gasteiger partial charge in [-0.15, -0.1) is 0 Å². The largest absolute Gasteiger partial charge is 0.494 e. The Hall–Kier alpha value is -1.01. The van der Waals surface area contributed by atoms with Gasteiger partial charge in [-0.2, -0.15) is 5.26 Å². The van der Waals surface area contributed by atoms with E-state index in [2.05, 4.69) is 22.0 Å². The van der Waals surface area contributed by atoms with Crippen molar-refractivity contribution in [2.45, 2.75) is 44.9 Å². The van der Waals surface area contributed by atoms with Crippen molar-refractivity contribution in [1.29, 1.82) is 5.26 Å². The van der Waals surface area contributed by atoms with Gasteiger partial charge in [0.25, 0.3) is 0 Å². The second-order valence-corrected chi connectivity index (χ2v) is 5.44. The van der Waals surface area contributed by atoms with Crippen LogP contribution in [0, 0.1) is 11.3 Å². The second kappa shape index (κ2) is 10.9. The lowest BCUT2D eigenvalue weighted by molar-refractivity contribution is 0.304. The monoisotopic (exact) mass is 323 g/mol. The van der Waals surface area contributed by atoms with Gasteiger partial charge in [-0.3, -0.25) is 0 Å². The number of hydrogen-bond acceptors (Lipinski definition) is 2. The zero-order valence-electron chi connectivity index (χ0n) is 11.4. The van der Waals surface area contributed by atoms with Crippen LogP contribution < -0.4 is 4.74 Å². The standard InChI is InChI=1S/C16H22BrNO/c17-12-6-4-2-1-3-5-7-13-19-16-10-8-15(14-18)9-11-16/h8-11H,1-7,12-13H2. The number of nitrogens with zero attached hydrogens (tertiary/aromatic N) is 1. The number of benzene rings is 1. The van der Waals surface area contributed by atoms with Gasteiger partial charge in [-0.05, 0) is 37.1 Å². The van der Waals surface area contributed by atoms with Crippen molar-refractivity contribution in [2.75, 3.05) is 11.9 Å². The fourth-order valence-corrected chi connectivity index (χ4v) is 2.29. The lowest BCUT2D eigenvalue weighted by Crippen LogP contribution is -1.97. The second-order valence-electron chi connectivity index (χ2n) is 4.65. The van der Waals surface area contributed by atoms with E-state index in [-0.39, 0.29) is 0 Å². The van der Waals surface area contributed by atoms with Crippen LogP contribution in [-0.2, 0) is 0 Å². The molecule has 0 saturated heterocycles. The van der Waals surface area contributed by atoms with E-state index in [1.807, 2.05) is 12.1 Å². The summed E-state index contributed by atoms with van der Waals surface area (Å²) >= 11 is 3.45. The maximum atomic E-state index is 8.69. The lowest BCUT2D eigenvalue weighted by Gasteiger charge is -2.06. The SMILES string of the molecule is N#Cc1ccc(OCCCCCCCCCBr)cc1. The number of ether oxygens (including phenoxy) is 1. The zero-order chi connectivity index (χ0) is 13.8. The third kappa shape index (κ3) is 7.89. The molecule has 0 fully saturated rings. The lowest BCUT2D eigenvalue weighted by atomic mass is 10.1. The van der Waals surface area contributed by atoms with Gasteiger partial charge in [0.1, 0.15) is 5.75 Å². The summed E-state index contributed by atoms with van der Waals surface area (Å²) in [7, 11) is 0. The number of halogens is 1. The molecule has 0 unspecified atom stereocenters. The Morgan fingerprint density at radius 2 is 1.47 bits per heavy atom. The van der Waals surface area contributed by atoms with Gasteiger partial charge in [-0.1, -0.05) is 48.0 Å². The Morgan fingerprint density at radius 3 is 2.05 bits per heavy atom. The molecular formula is C16H22BrNO. The molecule has 0 spiro atoms. The molecule has 2 nitrogen and oxygen atoms in total. The Kier molecular flexibility index (Phi) is 9.18. The highest BCUT2D eigenvalue weighted by Gasteiger charge is 1.95. The molecule has 1 rings (SSSR count). The van der Waals surface area contributed by atoms with Crippen LogP contribution in [0.3, 0.4) is 0 Å². The maximum Gasteiger partial charge on any atom is 0.119 e. The number of unbranched alkanes of at least 4 members (excludes halogenated alkanes) is 6. The molecule has 0 aromatic heterocycles. The van der Waals surface area contributed by atoms with Crippen molar-refractivity contribution < 1.29 is 4.74 Å². The summed E-state index contributed by atoms with van der Waals surface area (Å²) in [4.78, 5) is 0. The van der Waals surface area contributed by atoms with E-state index < -0.39 is 0 Å². The first kappa shape index (κ1) is 16.0. The minimum Gasteiger partial charge on any atom is -0.494 e. The van der Waals surface area contributed by atoms with Crippen molar-refractivity contribution in [3.05, 3.63) is 29.8 Å². The van der Waals surface area contributed by atoms with E-state index in [9.17, 15) is 0 Å². The van der Waals surface area contributed by atoms with Crippen LogP contribution in [-0.4, -0.2) is 11.9 Å². The van der Waals surface area contributed by atoms with Gasteiger partial charge in [0.05, 0.1) is 18.2 Å². The number of nitriles is 1. The quantitative estimate of drug-likeness (QED) is 0.445. The molecule has 0 bridgehead atoms. The Balaban J connectivity index is 1.97. The summed E-state index contributed by atoms with van der Waals surface area (Å²) < 4.78 is 5.63. The molecule has 0 heterocycles. The van der Waals surface area contributed by atoms with Crippen LogP contribution in [0.4, 0.5) is 0 Å². The molecule has 0 N–H and O–H groups in total. The van der Waals surface area contributed by atoms with Crippen LogP contribution in [0.25, 0.3) is 0 Å². The first-order chi connectivity index (χ1) is 9.36. The minimum atomic E-state index is 0.677. The van der Waals surface area contributed by atoms with Gasteiger partial charge >= 0.3 is 0 Å². The van der Waals surface area contributed by atoms with Gasteiger partial charge in [0.15, 0.2) is 0 Å². The van der Waals surface area contributed by atoms with E-state index in [1.54, 1.807) is 12.1 Å². The predicted octanol–water partition coefficient (Wildman–Crippen LogP) is 5.06. The number of hydrogen-bond donors (Lipinski definition) is 0. The van der Waals surface area contributed by atoms with Crippen molar-refractivity contribution >= 4 is 15.9 Å². The molecule has 0 aliphatic carbocycles. The van der Waals surface area contributed by atoms with Crippen LogP contribution in [0.15, 0.2) is 24.3 Å². The van der Waals surface area contributed by atoms with Crippen molar-refractivity contribution in [3.8, 4) is 11.8 Å². The van der Waals surface area contributed by atoms with Crippen LogP contribution in [0.5, 0.6) is 5.75 Å². The third-order valence-corrected chi connectivity index (χ3v) is 3.59. The first-order valence-electron chi connectivity index (χ1n) is 7.06. The molecule has 0 aliphatic rings. The number of rotatable bonds is 10. The fraction of sp³-hybridized carbons (Fsp3) is 0.562. The van der Waals surface area contributed by atoms with Crippen LogP contribution in [0.1, 0.15) is 50.5 Å². The van der Waals surface area contributed by atoms with Crippen LogP contribution in [0.2, 0.25) is 0 Å². The molecule has 1 aromatic rings. The molecule has 0 aliphatic heterocycles. The minimum absolute atomic E-state index is 0.677. The highest BCUT2D eigenvalue weighted by atomic mass is 79.9. The van der Waals surface area contributed by atoms with E-state index in [4.69, 9.17) is 10.00 Å². The van der Waals surface area contributed by atoms with Crippen molar-refractivity contribution in [3.63, 3.8) is 0 Å². The van der Waals surface area contributed by atoms with Gasteiger partial charge in [-0.25, -0.2) is 0 Å². The van der Waals surface area contributed by atoms with E-state index >= 15 is 0 Å². The predicted molar refractivity (Wildman–Crippen MR) is 82.8 cm³/mol. The first-order valence-corrected chi connectivity index (χ1v) is 8.18. The molecule has 1 aromatic carbocycles. The van der Waals surface area contributed by atoms with Crippen LogP contribution >= 0.6 is 15.9 Å². The highest BCUT2D eigenvalue weighted by Crippen LogP contribution is 2.13. The average molecular weight is 324 g/mol. The summed E-state index contributed by atoms with van der Waals surface area (Å²) in [5.41, 5.74) is 0.677. The van der Waals surface area contributed by atoms with E-state index in [1.165, 1.54) is 38.5 Å². The molecule has 0 amide bonds. The van der Waals surface area contributed by atoms with Gasteiger partial charge < -0.3 is 4.74 Å². The summed E-state index contributed by atoms with van der Waals surface area (Å²) in [5, 5.41) is 9.82. The maximum absolute atomic E-state index is 8.69. The molecule has 0 saturated carbocycles. The Bertz CT molecular complexity index is 369. The molecule has 3 heteroatoms. The third-order valence-electron chi connectivity index (χ3n) is 3.03. The Labute approximate surface area is 124 Å². The summed E-state index contributed by atoms with van der Waals surface area (Å²) in [6.07, 6.45) is 8.97. The smallest absolute Gasteiger partial charge is 0.119 e. The van der Waals surface area contributed by atoms with Crippen molar-refractivity contribution in [2.24, 2.45) is 0 Å². The normalized spacial score (nSPS) is 10.1. The summed E-state index contributed by atoms with van der Waals surface area (Å²) in [6.45, 7) is 0.771. The van der Waals surface area contributed by atoms with Crippen molar-refractivity contribution in [1.82, 2.24) is 0 Å². The van der Waals surface area contributed by atoms with E-state index in [0.29, 0.717) is 5.56 Å². The topological polar surface area (TPSA) is 33.0 Å². The fourth-order valence-electron chi connectivity index (χ4n) is 1.90. The molecule has 0 atom stereocenters. The summed E-state index contributed by atoms with van der Waals surface area (Å²) in [6, 6.07) is 9.40. The Morgan fingerprint density at radius 1 is 0.895 bits per heavy atom. The molecule has 19 heavy (non-hydrogen) atoms. The zero-order valence-corrected chi connectivity index (χ0v) is 13.0. The van der Waals surface area contributed by atoms with Gasteiger partial charge in [0, 0.05) is 5.33 Å². The molecule has 104 valence electrons. The molecule has 0 radical (unpaired) electrons. The highest BCUT2D eigenvalue weighted by molar-refractivity contribution is 9.09. The summed E-state index contributed by atoms with van der Waals surface area (Å²) in [5.74, 6) is 0.858. The number of alkyl halides is 1. The molecular weight excluding hydrogens is 302 g/mol. The van der Waals surface area contributed by atoms with Gasteiger partial charge in [0.2, 0.25) is 0 Å². The van der Waals surface area contributed by atoms with E-state index in [0.717, 1.165) is 24.1 Å².